The van der Waals surface area contributed by atoms with Crippen LogP contribution in [-0.2, 0) is 19.1 Å². The monoisotopic (exact) mass is 368 g/mol. The Labute approximate surface area is 158 Å². The van der Waals surface area contributed by atoms with E-state index in [9.17, 15) is 14.4 Å². The third kappa shape index (κ3) is 6.58. The topological polar surface area (TPSA) is 84.5 Å². The normalized spacial score (nSPS) is 12.6. The van der Waals surface area contributed by atoms with Gasteiger partial charge in [-0.1, -0.05) is 37.3 Å². The number of anilines is 2. The Kier molecular flexibility index (Phi) is 7.11. The number of carbonyl (C=O) groups excluding carboxylic acids is 3. The van der Waals surface area contributed by atoms with E-state index in [2.05, 4.69) is 10.6 Å². The van der Waals surface area contributed by atoms with Crippen molar-refractivity contribution in [1.29, 1.82) is 0 Å². The second kappa shape index (κ2) is 9.52. The highest BCUT2D eigenvalue weighted by atomic mass is 16.5. The molecule has 0 aliphatic rings. The number of esters is 1. The Bertz CT molecular complexity index is 788. The molecule has 2 aromatic rings. The zero-order chi connectivity index (χ0) is 19.8. The molecule has 2 atom stereocenters. The summed E-state index contributed by atoms with van der Waals surface area (Å²) in [5, 5.41) is 5.33. The van der Waals surface area contributed by atoms with Crippen molar-refractivity contribution in [1.82, 2.24) is 0 Å². The number of amides is 2. The standard InChI is InChI=1S/C21H24N2O4/c1-14(17-7-5-4-6-8-17)13-20(25)27-15(2)21(26)23-19-11-9-18(10-12-19)22-16(3)24/h4-12,14-15H,13H2,1-3H3,(H,22,24)(H,23,26)/t14-,15-/m0/s1. The van der Waals surface area contributed by atoms with Gasteiger partial charge in [-0.3, -0.25) is 14.4 Å². The smallest absolute Gasteiger partial charge is 0.307 e. The van der Waals surface area contributed by atoms with Gasteiger partial charge < -0.3 is 15.4 Å². The minimum Gasteiger partial charge on any atom is -0.453 e. The fourth-order valence-corrected chi connectivity index (χ4v) is 2.53. The molecule has 0 radical (unpaired) electrons. The van der Waals surface area contributed by atoms with E-state index < -0.39 is 18.0 Å². The Morgan fingerprint density at radius 2 is 1.44 bits per heavy atom. The summed E-state index contributed by atoms with van der Waals surface area (Å²) in [6.07, 6.45) is -0.706. The fourth-order valence-electron chi connectivity index (χ4n) is 2.53. The van der Waals surface area contributed by atoms with E-state index in [0.29, 0.717) is 11.4 Å². The highest BCUT2D eigenvalue weighted by Crippen LogP contribution is 2.19. The molecule has 2 rings (SSSR count). The molecule has 0 aliphatic heterocycles. The van der Waals surface area contributed by atoms with Crippen LogP contribution in [0.5, 0.6) is 0 Å². The van der Waals surface area contributed by atoms with Crippen molar-refractivity contribution in [3.05, 3.63) is 60.2 Å². The second-order valence-electron chi connectivity index (χ2n) is 6.40. The zero-order valence-corrected chi connectivity index (χ0v) is 15.7. The Balaban J connectivity index is 1.84. The fraction of sp³-hybridized carbons (Fsp3) is 0.286. The molecule has 0 bridgehead atoms. The molecule has 142 valence electrons. The number of nitrogens with one attached hydrogen (secondary N) is 2. The van der Waals surface area contributed by atoms with Crippen LogP contribution in [0.1, 0.15) is 38.7 Å². The molecule has 6 nitrogen and oxygen atoms in total. The summed E-state index contributed by atoms with van der Waals surface area (Å²) in [4.78, 5) is 35.3. The van der Waals surface area contributed by atoms with Gasteiger partial charge in [-0.05, 0) is 42.7 Å². The molecule has 27 heavy (non-hydrogen) atoms. The first-order valence-electron chi connectivity index (χ1n) is 8.78. The summed E-state index contributed by atoms with van der Waals surface area (Å²) in [6.45, 7) is 4.90. The number of rotatable bonds is 7. The van der Waals surface area contributed by atoms with Gasteiger partial charge in [0, 0.05) is 18.3 Å². The van der Waals surface area contributed by atoms with E-state index in [-0.39, 0.29) is 18.2 Å². The molecular formula is C21H24N2O4. The van der Waals surface area contributed by atoms with Crippen LogP contribution >= 0.6 is 0 Å². The molecule has 0 spiro atoms. The van der Waals surface area contributed by atoms with Crippen molar-refractivity contribution in [2.45, 2.75) is 39.2 Å². The molecule has 0 unspecified atom stereocenters. The molecule has 0 saturated carbocycles. The van der Waals surface area contributed by atoms with Gasteiger partial charge in [0.1, 0.15) is 0 Å². The summed E-state index contributed by atoms with van der Waals surface area (Å²) in [7, 11) is 0. The van der Waals surface area contributed by atoms with Gasteiger partial charge in [-0.15, -0.1) is 0 Å². The molecule has 0 aliphatic carbocycles. The molecule has 0 aromatic heterocycles. The summed E-state index contributed by atoms with van der Waals surface area (Å²) >= 11 is 0. The van der Waals surface area contributed by atoms with E-state index >= 15 is 0 Å². The van der Waals surface area contributed by atoms with Crippen LogP contribution in [-0.4, -0.2) is 23.9 Å². The number of hydrogen-bond donors (Lipinski definition) is 2. The van der Waals surface area contributed by atoms with E-state index in [1.54, 1.807) is 24.3 Å². The SMILES string of the molecule is CC(=O)Nc1ccc(NC(=O)[C@H](C)OC(=O)C[C@H](C)c2ccccc2)cc1. The van der Waals surface area contributed by atoms with Gasteiger partial charge in [-0.25, -0.2) is 0 Å². The lowest BCUT2D eigenvalue weighted by Crippen LogP contribution is -2.30. The molecular weight excluding hydrogens is 344 g/mol. The van der Waals surface area contributed by atoms with Crippen LogP contribution in [0.15, 0.2) is 54.6 Å². The van der Waals surface area contributed by atoms with Gasteiger partial charge >= 0.3 is 5.97 Å². The van der Waals surface area contributed by atoms with E-state index in [1.165, 1.54) is 13.8 Å². The molecule has 2 amide bonds. The molecule has 0 heterocycles. The molecule has 0 saturated heterocycles. The van der Waals surface area contributed by atoms with E-state index in [0.717, 1.165) is 5.56 Å². The lowest BCUT2D eigenvalue weighted by molar-refractivity contribution is -0.153. The minimum atomic E-state index is -0.907. The third-order valence-corrected chi connectivity index (χ3v) is 3.99. The zero-order valence-electron chi connectivity index (χ0n) is 15.7. The number of ether oxygens (including phenoxy) is 1. The maximum atomic E-state index is 12.2. The number of hydrogen-bond acceptors (Lipinski definition) is 4. The summed E-state index contributed by atoms with van der Waals surface area (Å²) < 4.78 is 5.24. The highest BCUT2D eigenvalue weighted by molar-refractivity contribution is 5.95. The van der Waals surface area contributed by atoms with Gasteiger partial charge in [0.25, 0.3) is 5.91 Å². The highest BCUT2D eigenvalue weighted by Gasteiger charge is 2.20. The Hall–Kier alpha value is -3.15. The molecule has 6 heteroatoms. The van der Waals surface area contributed by atoms with Gasteiger partial charge in [0.05, 0.1) is 6.42 Å². The largest absolute Gasteiger partial charge is 0.453 e. The van der Waals surface area contributed by atoms with E-state index in [1.807, 2.05) is 37.3 Å². The molecule has 2 N–H and O–H groups in total. The maximum Gasteiger partial charge on any atom is 0.307 e. The number of carbonyl (C=O) groups is 3. The van der Waals surface area contributed by atoms with Crippen molar-refractivity contribution in [2.24, 2.45) is 0 Å². The van der Waals surface area contributed by atoms with Gasteiger partial charge in [0.15, 0.2) is 6.10 Å². The first-order valence-corrected chi connectivity index (χ1v) is 8.78. The Morgan fingerprint density at radius 3 is 2.00 bits per heavy atom. The van der Waals surface area contributed by atoms with Crippen LogP contribution in [0.2, 0.25) is 0 Å². The summed E-state index contributed by atoms with van der Waals surface area (Å²) in [6, 6.07) is 16.4. The van der Waals surface area contributed by atoms with Gasteiger partial charge in [-0.2, -0.15) is 0 Å². The minimum absolute atomic E-state index is 0.00952. The van der Waals surface area contributed by atoms with Crippen LogP contribution in [0.25, 0.3) is 0 Å². The maximum absolute atomic E-state index is 12.2. The van der Waals surface area contributed by atoms with Crippen LogP contribution in [0.3, 0.4) is 0 Å². The Morgan fingerprint density at radius 1 is 0.889 bits per heavy atom. The van der Waals surface area contributed by atoms with Crippen molar-refractivity contribution >= 4 is 29.2 Å². The number of benzene rings is 2. The predicted molar refractivity (Wildman–Crippen MR) is 104 cm³/mol. The molecule has 0 fully saturated rings. The lowest BCUT2D eigenvalue weighted by Gasteiger charge is -2.16. The third-order valence-electron chi connectivity index (χ3n) is 3.99. The van der Waals surface area contributed by atoms with Crippen molar-refractivity contribution in [2.75, 3.05) is 10.6 Å². The average molecular weight is 368 g/mol. The van der Waals surface area contributed by atoms with Crippen molar-refractivity contribution in [3.63, 3.8) is 0 Å². The summed E-state index contributed by atoms with van der Waals surface area (Å²) in [5.41, 5.74) is 2.23. The average Bonchev–Trinajstić information content (AvgIpc) is 2.63. The summed E-state index contributed by atoms with van der Waals surface area (Å²) in [5.74, 6) is -0.995. The molecule has 2 aromatic carbocycles. The van der Waals surface area contributed by atoms with Crippen LogP contribution in [0.4, 0.5) is 11.4 Å². The van der Waals surface area contributed by atoms with Crippen molar-refractivity contribution in [3.8, 4) is 0 Å². The quantitative estimate of drug-likeness (QED) is 0.730. The lowest BCUT2D eigenvalue weighted by atomic mass is 9.98. The second-order valence-corrected chi connectivity index (χ2v) is 6.40. The van der Waals surface area contributed by atoms with Crippen LogP contribution in [0, 0.1) is 0 Å². The van der Waals surface area contributed by atoms with Crippen LogP contribution < -0.4 is 10.6 Å². The van der Waals surface area contributed by atoms with E-state index in [4.69, 9.17) is 4.74 Å². The first kappa shape index (κ1) is 20.2. The first-order chi connectivity index (χ1) is 12.8. The predicted octanol–water partition coefficient (Wildman–Crippen LogP) is 3.71. The van der Waals surface area contributed by atoms with Crippen molar-refractivity contribution < 1.29 is 19.1 Å². The van der Waals surface area contributed by atoms with Gasteiger partial charge in [0.2, 0.25) is 5.91 Å².